The topological polar surface area (TPSA) is 51.1 Å². The van der Waals surface area contributed by atoms with E-state index in [9.17, 15) is 0 Å². The molecule has 0 saturated heterocycles. The van der Waals surface area contributed by atoms with E-state index in [2.05, 4.69) is 50.1 Å². The van der Waals surface area contributed by atoms with E-state index in [1.807, 2.05) is 37.4 Å². The average Bonchev–Trinajstić information content (AvgIpc) is 3.05. The highest BCUT2D eigenvalue weighted by molar-refractivity contribution is 7.98. The van der Waals surface area contributed by atoms with E-state index >= 15 is 0 Å². The van der Waals surface area contributed by atoms with Crippen LogP contribution < -0.4 is 15.4 Å². The number of pyridine rings is 1. The summed E-state index contributed by atoms with van der Waals surface area (Å²) in [5.74, 6) is 0.562. The van der Waals surface area contributed by atoms with Gasteiger partial charge in [-0.2, -0.15) is 0 Å². The summed E-state index contributed by atoms with van der Waals surface area (Å²) in [6.07, 6.45) is 3.88. The summed E-state index contributed by atoms with van der Waals surface area (Å²) < 4.78 is 7.53. The van der Waals surface area contributed by atoms with Crippen LogP contribution >= 0.6 is 23.5 Å². The largest absolute Gasteiger partial charge is 0.480 e. The summed E-state index contributed by atoms with van der Waals surface area (Å²) in [4.78, 5) is 5.33. The Labute approximate surface area is 179 Å². The Morgan fingerprint density at radius 1 is 1.14 bits per heavy atom. The lowest BCUT2D eigenvalue weighted by molar-refractivity contribution is 0.400. The molecule has 2 N–H and O–H groups in total. The van der Waals surface area contributed by atoms with Crippen molar-refractivity contribution in [2.45, 2.75) is 11.4 Å². The molecule has 4 aromatic rings. The van der Waals surface area contributed by atoms with Gasteiger partial charge >= 0.3 is 0 Å². The fourth-order valence-electron chi connectivity index (χ4n) is 3.19. The smallest absolute Gasteiger partial charge is 0.237 e. The highest BCUT2D eigenvalue weighted by atomic mass is 35.5. The molecule has 0 bridgehead atoms. The number of rotatable bonds is 7. The van der Waals surface area contributed by atoms with Gasteiger partial charge in [-0.05, 0) is 67.0 Å². The molecular formula is C22H21ClN4OS. The standard InChI is InChI=1S/C22H21ClN4OS/c1-24-13-15-14-27(29-18-6-3-5-16(23)11-18)21-12-17(8-9-19(15)21)26-20-7-4-10-25-22(20)28-2/h3-12,14,24,26H,13H2,1-2H3. The molecule has 0 amide bonds. The van der Waals surface area contributed by atoms with Crippen LogP contribution in [0.2, 0.25) is 5.02 Å². The van der Waals surface area contributed by atoms with Crippen molar-refractivity contribution in [3.63, 3.8) is 0 Å². The Hall–Kier alpha value is -2.67. The van der Waals surface area contributed by atoms with Gasteiger partial charge in [0.1, 0.15) is 5.69 Å². The van der Waals surface area contributed by atoms with Crippen molar-refractivity contribution in [2.75, 3.05) is 19.5 Å². The third-order valence-electron chi connectivity index (χ3n) is 4.46. The zero-order valence-corrected chi connectivity index (χ0v) is 17.7. The van der Waals surface area contributed by atoms with E-state index in [1.54, 1.807) is 25.3 Å². The zero-order valence-electron chi connectivity index (χ0n) is 16.1. The second-order valence-corrected chi connectivity index (χ2v) is 7.96. The molecule has 0 aliphatic heterocycles. The van der Waals surface area contributed by atoms with Crippen molar-refractivity contribution in [3.8, 4) is 5.88 Å². The monoisotopic (exact) mass is 424 g/mol. The molecule has 2 heterocycles. The first-order chi connectivity index (χ1) is 14.2. The molecule has 0 atom stereocenters. The van der Waals surface area contributed by atoms with Crippen LogP contribution in [0, 0.1) is 0 Å². The molecule has 0 aliphatic rings. The van der Waals surface area contributed by atoms with Crippen molar-refractivity contribution in [1.29, 1.82) is 0 Å². The summed E-state index contributed by atoms with van der Waals surface area (Å²) in [5, 5.41) is 8.59. The molecule has 2 aromatic heterocycles. The summed E-state index contributed by atoms with van der Waals surface area (Å²) in [6.45, 7) is 0.794. The third kappa shape index (κ3) is 4.34. The predicted octanol–water partition coefficient (Wildman–Crippen LogP) is 5.72. The first kappa shape index (κ1) is 19.6. The second kappa shape index (κ2) is 8.78. The number of nitrogens with one attached hydrogen (secondary N) is 2. The van der Waals surface area contributed by atoms with Crippen LogP contribution in [0.3, 0.4) is 0 Å². The Bertz CT molecular complexity index is 1140. The van der Waals surface area contributed by atoms with Crippen LogP contribution in [0.15, 0.2) is 71.9 Å². The van der Waals surface area contributed by atoms with Crippen LogP contribution in [-0.4, -0.2) is 23.1 Å². The maximum absolute atomic E-state index is 6.17. The van der Waals surface area contributed by atoms with Gasteiger partial charge in [0.15, 0.2) is 0 Å². The van der Waals surface area contributed by atoms with Crippen molar-refractivity contribution in [3.05, 3.63) is 77.6 Å². The van der Waals surface area contributed by atoms with Gasteiger partial charge in [-0.3, -0.25) is 3.97 Å². The maximum Gasteiger partial charge on any atom is 0.237 e. The van der Waals surface area contributed by atoms with E-state index < -0.39 is 0 Å². The fourth-order valence-corrected chi connectivity index (χ4v) is 4.42. The number of halogens is 1. The van der Waals surface area contributed by atoms with E-state index in [1.165, 1.54) is 10.9 Å². The molecule has 29 heavy (non-hydrogen) atoms. The van der Waals surface area contributed by atoms with Gasteiger partial charge in [0.25, 0.3) is 0 Å². The maximum atomic E-state index is 6.17. The molecule has 0 spiro atoms. The van der Waals surface area contributed by atoms with Gasteiger partial charge in [-0.15, -0.1) is 0 Å². The summed E-state index contributed by atoms with van der Waals surface area (Å²) >= 11 is 7.81. The van der Waals surface area contributed by atoms with Crippen LogP contribution in [0.1, 0.15) is 5.56 Å². The third-order valence-corrected chi connectivity index (χ3v) is 5.66. The Balaban J connectivity index is 1.73. The van der Waals surface area contributed by atoms with E-state index in [0.29, 0.717) is 5.88 Å². The lowest BCUT2D eigenvalue weighted by atomic mass is 10.1. The minimum Gasteiger partial charge on any atom is -0.480 e. The summed E-state index contributed by atoms with van der Waals surface area (Å²) in [7, 11) is 3.57. The lowest BCUT2D eigenvalue weighted by Gasteiger charge is -2.11. The number of hydrogen-bond donors (Lipinski definition) is 2. The van der Waals surface area contributed by atoms with Crippen molar-refractivity contribution in [1.82, 2.24) is 14.3 Å². The molecule has 0 fully saturated rings. The second-order valence-electron chi connectivity index (χ2n) is 6.48. The molecule has 0 saturated carbocycles. The number of aromatic nitrogens is 2. The number of fused-ring (bicyclic) bond motifs is 1. The number of anilines is 2. The van der Waals surface area contributed by atoms with E-state index in [4.69, 9.17) is 16.3 Å². The van der Waals surface area contributed by atoms with Crippen LogP contribution in [0.4, 0.5) is 11.4 Å². The SMILES string of the molecule is CNCc1cn(Sc2cccc(Cl)c2)c2cc(Nc3cccnc3OC)ccc12. The molecule has 0 unspecified atom stereocenters. The Morgan fingerprint density at radius 3 is 2.83 bits per heavy atom. The van der Waals surface area contributed by atoms with Gasteiger partial charge in [0, 0.05) is 39.9 Å². The van der Waals surface area contributed by atoms with Gasteiger partial charge in [-0.25, -0.2) is 4.98 Å². The van der Waals surface area contributed by atoms with Crippen molar-refractivity contribution < 1.29 is 4.74 Å². The highest BCUT2D eigenvalue weighted by Gasteiger charge is 2.12. The summed E-state index contributed by atoms with van der Waals surface area (Å²) in [5.41, 5.74) is 4.15. The van der Waals surface area contributed by atoms with Gasteiger partial charge in [-0.1, -0.05) is 23.7 Å². The number of hydrogen-bond acceptors (Lipinski definition) is 5. The molecule has 2 aromatic carbocycles. The van der Waals surface area contributed by atoms with E-state index in [-0.39, 0.29) is 0 Å². The molecule has 7 heteroatoms. The predicted molar refractivity (Wildman–Crippen MR) is 121 cm³/mol. The van der Waals surface area contributed by atoms with Crippen molar-refractivity contribution >= 4 is 45.8 Å². The Kier molecular flexibility index (Phi) is 5.94. The molecular weight excluding hydrogens is 404 g/mol. The van der Waals surface area contributed by atoms with Crippen molar-refractivity contribution in [2.24, 2.45) is 0 Å². The highest BCUT2D eigenvalue weighted by Crippen LogP contribution is 2.33. The molecule has 5 nitrogen and oxygen atoms in total. The number of ether oxygens (including phenoxy) is 1. The van der Waals surface area contributed by atoms with Crippen LogP contribution in [0.25, 0.3) is 10.9 Å². The van der Waals surface area contributed by atoms with Crippen LogP contribution in [0.5, 0.6) is 5.88 Å². The zero-order chi connectivity index (χ0) is 20.2. The van der Waals surface area contributed by atoms with Gasteiger partial charge in [0.2, 0.25) is 5.88 Å². The molecule has 4 rings (SSSR count). The first-order valence-electron chi connectivity index (χ1n) is 9.16. The number of benzene rings is 2. The summed E-state index contributed by atoms with van der Waals surface area (Å²) in [6, 6.07) is 18.1. The molecule has 148 valence electrons. The average molecular weight is 425 g/mol. The lowest BCUT2D eigenvalue weighted by Crippen LogP contribution is -2.04. The molecule has 0 radical (unpaired) electrons. The van der Waals surface area contributed by atoms with Crippen LogP contribution in [-0.2, 0) is 6.54 Å². The minimum absolute atomic E-state index is 0.562. The Morgan fingerprint density at radius 2 is 2.03 bits per heavy atom. The fraction of sp³-hybridized carbons (Fsp3) is 0.136. The van der Waals surface area contributed by atoms with Gasteiger partial charge < -0.3 is 15.4 Å². The normalized spacial score (nSPS) is 11.0. The van der Waals surface area contributed by atoms with E-state index in [0.717, 1.165) is 33.4 Å². The minimum atomic E-state index is 0.562. The molecule has 0 aliphatic carbocycles. The number of methoxy groups -OCH3 is 1. The quantitative estimate of drug-likeness (QED) is 0.397. The first-order valence-corrected chi connectivity index (χ1v) is 10.3. The van der Waals surface area contributed by atoms with Gasteiger partial charge in [0.05, 0.1) is 12.6 Å². The number of nitrogens with zero attached hydrogens (tertiary/aromatic N) is 2.